The first-order valence-electron chi connectivity index (χ1n) is 9.26. The minimum atomic E-state index is -1.22. The maximum Gasteiger partial charge on any atom is 0.405 e. The average molecular weight is 368 g/mol. The van der Waals surface area contributed by atoms with Crippen LogP contribution in [0.15, 0.2) is 48.5 Å². The van der Waals surface area contributed by atoms with Crippen LogP contribution in [-0.4, -0.2) is 23.1 Å². The van der Waals surface area contributed by atoms with Gasteiger partial charge in [0.2, 0.25) is 5.91 Å². The molecule has 0 bridgehead atoms. The molecule has 27 heavy (non-hydrogen) atoms. The van der Waals surface area contributed by atoms with Crippen LogP contribution in [0.2, 0.25) is 0 Å². The van der Waals surface area contributed by atoms with Crippen molar-refractivity contribution < 1.29 is 14.7 Å². The zero-order valence-corrected chi connectivity index (χ0v) is 16.3. The Morgan fingerprint density at radius 1 is 0.889 bits per heavy atom. The molecule has 144 valence electrons. The fourth-order valence-corrected chi connectivity index (χ4v) is 3.11. The molecule has 2 aromatic carbocycles. The number of anilines is 1. The van der Waals surface area contributed by atoms with Gasteiger partial charge in [0.25, 0.3) is 0 Å². The molecule has 0 aliphatic carbocycles. The topological polar surface area (TPSA) is 78.4 Å². The lowest BCUT2D eigenvalue weighted by molar-refractivity contribution is -0.118. The second-order valence-corrected chi connectivity index (χ2v) is 7.30. The molecule has 0 unspecified atom stereocenters. The number of carbonyl (C=O) groups excluding carboxylic acids is 1. The molecule has 0 aromatic heterocycles. The number of rotatable bonds is 7. The first kappa shape index (κ1) is 20.5. The van der Waals surface area contributed by atoms with Crippen molar-refractivity contribution in [3.63, 3.8) is 0 Å². The van der Waals surface area contributed by atoms with Crippen molar-refractivity contribution in [1.82, 2.24) is 5.32 Å². The summed E-state index contributed by atoms with van der Waals surface area (Å²) < 4.78 is 0. The summed E-state index contributed by atoms with van der Waals surface area (Å²) >= 11 is 0. The van der Waals surface area contributed by atoms with Gasteiger partial charge in [0, 0.05) is 12.1 Å². The number of benzene rings is 2. The molecule has 5 nitrogen and oxygen atoms in total. The molecule has 0 spiro atoms. The number of hydrogen-bond donors (Lipinski definition) is 3. The van der Waals surface area contributed by atoms with Crippen molar-refractivity contribution in [2.24, 2.45) is 0 Å². The van der Waals surface area contributed by atoms with Crippen LogP contribution in [0.1, 0.15) is 56.2 Å². The zero-order valence-electron chi connectivity index (χ0n) is 16.3. The standard InChI is InChI=1S/C22H28N2O3/c1-14(2)17-11-8-12-18(15(3)4)20(17)24-21(25)19(23-22(26)27)13-16-9-6-5-7-10-16/h5-12,14-15,19,23H,13H2,1-4H3,(H,24,25)(H,26,27)/t19-/m0/s1. The van der Waals surface area contributed by atoms with E-state index in [9.17, 15) is 14.7 Å². The highest BCUT2D eigenvalue weighted by atomic mass is 16.4. The minimum absolute atomic E-state index is 0.235. The van der Waals surface area contributed by atoms with Crippen molar-refractivity contribution in [3.8, 4) is 0 Å². The number of amides is 2. The molecule has 0 saturated heterocycles. The van der Waals surface area contributed by atoms with Crippen molar-refractivity contribution in [2.45, 2.75) is 52.0 Å². The third-order valence-corrected chi connectivity index (χ3v) is 4.52. The van der Waals surface area contributed by atoms with E-state index in [1.165, 1.54) is 0 Å². The lowest BCUT2D eigenvalue weighted by atomic mass is 9.92. The van der Waals surface area contributed by atoms with Crippen molar-refractivity contribution in [1.29, 1.82) is 0 Å². The lowest BCUT2D eigenvalue weighted by Gasteiger charge is -2.23. The van der Waals surface area contributed by atoms with Gasteiger partial charge in [-0.3, -0.25) is 4.79 Å². The van der Waals surface area contributed by atoms with Crippen LogP contribution < -0.4 is 10.6 Å². The minimum Gasteiger partial charge on any atom is -0.465 e. The van der Waals surface area contributed by atoms with Crippen LogP contribution in [-0.2, 0) is 11.2 Å². The monoisotopic (exact) mass is 368 g/mol. The summed E-state index contributed by atoms with van der Waals surface area (Å²) in [6.45, 7) is 8.30. The SMILES string of the molecule is CC(C)c1cccc(C(C)C)c1NC(=O)[C@H](Cc1ccccc1)NC(=O)O. The zero-order chi connectivity index (χ0) is 20.0. The molecule has 0 fully saturated rings. The third kappa shape index (κ3) is 5.58. The number of hydrogen-bond acceptors (Lipinski definition) is 2. The highest BCUT2D eigenvalue weighted by Gasteiger charge is 2.24. The first-order chi connectivity index (χ1) is 12.8. The number of carbonyl (C=O) groups is 2. The quantitative estimate of drug-likeness (QED) is 0.660. The van der Waals surface area contributed by atoms with Gasteiger partial charge < -0.3 is 15.7 Å². The average Bonchev–Trinajstić information content (AvgIpc) is 2.61. The molecule has 0 heterocycles. The molecular weight excluding hydrogens is 340 g/mol. The molecule has 0 saturated carbocycles. The summed E-state index contributed by atoms with van der Waals surface area (Å²) in [4.78, 5) is 24.2. The Morgan fingerprint density at radius 3 is 1.93 bits per heavy atom. The summed E-state index contributed by atoms with van der Waals surface area (Å²) in [5.41, 5.74) is 3.78. The molecular formula is C22H28N2O3. The molecule has 2 amide bonds. The first-order valence-corrected chi connectivity index (χ1v) is 9.26. The van der Waals surface area contributed by atoms with E-state index in [0.29, 0.717) is 6.42 Å². The predicted molar refractivity (Wildman–Crippen MR) is 108 cm³/mol. The smallest absolute Gasteiger partial charge is 0.405 e. The Morgan fingerprint density at radius 2 is 1.44 bits per heavy atom. The van der Waals surface area contributed by atoms with Gasteiger partial charge in [0.05, 0.1) is 0 Å². The number of carboxylic acid groups (broad SMARTS) is 1. The van der Waals surface area contributed by atoms with Crippen molar-refractivity contribution in [2.75, 3.05) is 5.32 Å². The molecule has 2 rings (SSSR count). The molecule has 0 radical (unpaired) electrons. The van der Waals surface area contributed by atoms with Crippen LogP contribution in [0.25, 0.3) is 0 Å². The summed E-state index contributed by atoms with van der Waals surface area (Å²) in [5.74, 6) is 0.120. The molecule has 2 aromatic rings. The van der Waals surface area contributed by atoms with Crippen LogP contribution in [0, 0.1) is 0 Å². The second kappa shape index (κ2) is 9.21. The highest BCUT2D eigenvalue weighted by molar-refractivity contribution is 5.98. The van der Waals surface area contributed by atoms with E-state index in [4.69, 9.17) is 0 Å². The van der Waals surface area contributed by atoms with Gasteiger partial charge in [-0.05, 0) is 28.5 Å². The Kier molecular flexibility index (Phi) is 6.99. The van der Waals surface area contributed by atoms with E-state index in [1.54, 1.807) is 0 Å². The van der Waals surface area contributed by atoms with Crippen LogP contribution in [0.5, 0.6) is 0 Å². The van der Waals surface area contributed by atoms with Gasteiger partial charge in [-0.25, -0.2) is 4.79 Å². The van der Waals surface area contributed by atoms with E-state index in [0.717, 1.165) is 22.4 Å². The molecule has 1 atom stereocenters. The molecule has 3 N–H and O–H groups in total. The van der Waals surface area contributed by atoms with E-state index >= 15 is 0 Å². The van der Waals surface area contributed by atoms with Gasteiger partial charge in [0.15, 0.2) is 0 Å². The van der Waals surface area contributed by atoms with Crippen LogP contribution in [0.3, 0.4) is 0 Å². The molecule has 5 heteroatoms. The Hall–Kier alpha value is -2.82. The summed E-state index contributed by atoms with van der Waals surface area (Å²) in [5, 5.41) is 14.5. The van der Waals surface area contributed by atoms with Gasteiger partial charge in [-0.15, -0.1) is 0 Å². The van der Waals surface area contributed by atoms with Gasteiger partial charge in [0.1, 0.15) is 6.04 Å². The maximum atomic E-state index is 13.0. The summed E-state index contributed by atoms with van der Waals surface area (Å²) in [7, 11) is 0. The highest BCUT2D eigenvalue weighted by Crippen LogP contribution is 2.32. The second-order valence-electron chi connectivity index (χ2n) is 7.30. The van der Waals surface area contributed by atoms with E-state index in [-0.39, 0.29) is 17.7 Å². The largest absolute Gasteiger partial charge is 0.465 e. The maximum absolute atomic E-state index is 13.0. The normalized spacial score (nSPS) is 12.1. The fraction of sp³-hybridized carbons (Fsp3) is 0.364. The van der Waals surface area contributed by atoms with Gasteiger partial charge >= 0.3 is 6.09 Å². The van der Waals surface area contributed by atoms with E-state index in [2.05, 4.69) is 38.3 Å². The Balaban J connectivity index is 2.32. The summed E-state index contributed by atoms with van der Waals surface area (Å²) in [6, 6.07) is 14.5. The third-order valence-electron chi connectivity index (χ3n) is 4.52. The van der Waals surface area contributed by atoms with Crippen molar-refractivity contribution >= 4 is 17.7 Å². The van der Waals surface area contributed by atoms with Crippen molar-refractivity contribution in [3.05, 3.63) is 65.2 Å². The fourth-order valence-electron chi connectivity index (χ4n) is 3.11. The predicted octanol–water partition coefficient (Wildman–Crippen LogP) is 4.75. The molecule has 0 aliphatic heterocycles. The summed E-state index contributed by atoms with van der Waals surface area (Å²) in [6.07, 6.45) is -0.924. The van der Waals surface area contributed by atoms with Crippen LogP contribution in [0.4, 0.5) is 10.5 Å². The van der Waals surface area contributed by atoms with Gasteiger partial charge in [-0.1, -0.05) is 76.2 Å². The van der Waals surface area contributed by atoms with Gasteiger partial charge in [-0.2, -0.15) is 0 Å². The Bertz CT molecular complexity index is 759. The number of para-hydroxylation sites is 1. The van der Waals surface area contributed by atoms with E-state index < -0.39 is 12.1 Å². The van der Waals surface area contributed by atoms with Crippen LogP contribution >= 0.6 is 0 Å². The Labute approximate surface area is 160 Å². The lowest BCUT2D eigenvalue weighted by Crippen LogP contribution is -2.45. The number of nitrogens with one attached hydrogen (secondary N) is 2. The van der Waals surface area contributed by atoms with E-state index in [1.807, 2.05) is 48.5 Å². The molecule has 0 aliphatic rings.